The van der Waals surface area contributed by atoms with Crippen molar-refractivity contribution in [2.75, 3.05) is 28.6 Å². The van der Waals surface area contributed by atoms with Crippen LogP contribution >= 0.6 is 0 Å². The van der Waals surface area contributed by atoms with Crippen LogP contribution in [-0.2, 0) is 0 Å². The molecule has 3 aromatic carbocycles. The number of fused-ring (bicyclic) bond motifs is 1. The number of carbonyl (C=O) groups excluding carboxylic acids is 2. The monoisotopic (exact) mass is 473 g/mol. The van der Waals surface area contributed by atoms with E-state index in [1.807, 2.05) is 0 Å². The van der Waals surface area contributed by atoms with E-state index in [9.17, 15) is 14.0 Å². The number of benzene rings is 3. The van der Waals surface area contributed by atoms with Gasteiger partial charge in [-0.15, -0.1) is 0 Å². The fourth-order valence-electron chi connectivity index (χ4n) is 4.02. The van der Waals surface area contributed by atoms with E-state index in [2.05, 4.69) is 25.5 Å². The van der Waals surface area contributed by atoms with Gasteiger partial charge in [0.2, 0.25) is 0 Å². The molecular weight excluding hydrogens is 452 g/mol. The molecule has 1 aliphatic heterocycles. The molecule has 0 aliphatic carbocycles. The third-order valence-corrected chi connectivity index (χ3v) is 5.82. The summed E-state index contributed by atoms with van der Waals surface area (Å²) in [5, 5.41) is 4.88. The van der Waals surface area contributed by atoms with Crippen LogP contribution in [0.4, 0.5) is 30.8 Å². The van der Waals surface area contributed by atoms with E-state index >= 15 is 4.39 Å². The Morgan fingerprint density at radius 2 is 1.66 bits per heavy atom. The van der Waals surface area contributed by atoms with E-state index in [0.717, 1.165) is 31.7 Å². The topological polar surface area (TPSA) is 87.2 Å². The van der Waals surface area contributed by atoms with Gasteiger partial charge in [-0.2, -0.15) is 0 Å². The van der Waals surface area contributed by atoms with Crippen LogP contribution in [0.25, 0.3) is 11.0 Å². The highest BCUT2D eigenvalue weighted by Gasteiger charge is 2.19. The maximum atomic E-state index is 15.2. The van der Waals surface area contributed by atoms with Crippen molar-refractivity contribution in [3.05, 3.63) is 89.6 Å². The molecule has 0 spiro atoms. The van der Waals surface area contributed by atoms with Crippen LogP contribution < -0.4 is 15.5 Å². The molecule has 1 saturated heterocycles. The van der Waals surface area contributed by atoms with Crippen LogP contribution in [0.3, 0.4) is 0 Å². The first-order valence-electron chi connectivity index (χ1n) is 11.2. The van der Waals surface area contributed by atoms with E-state index in [1.54, 1.807) is 24.4 Å². The Balaban J connectivity index is 1.37. The molecule has 0 radical (unpaired) electrons. The van der Waals surface area contributed by atoms with Gasteiger partial charge < -0.3 is 15.5 Å². The van der Waals surface area contributed by atoms with Crippen LogP contribution in [0.1, 0.15) is 28.8 Å². The molecule has 7 nitrogen and oxygen atoms in total. The standard InChI is InChI=1S/C26H21F2N5O2/c27-17-7-9-18(10-8-17)30-26(35)32-21-5-3-4-19(24(21)28)25(34)16-6-11-20-22(14-16)31-23(15-29-20)33-12-1-2-13-33/h3-11,14-15H,1-2,12-13H2,(H2,30,32,35). The summed E-state index contributed by atoms with van der Waals surface area (Å²) in [5.74, 6) is -1.09. The van der Waals surface area contributed by atoms with E-state index in [4.69, 9.17) is 0 Å². The highest BCUT2D eigenvalue weighted by molar-refractivity contribution is 6.11. The lowest BCUT2D eigenvalue weighted by molar-refractivity contribution is 0.103. The number of ketones is 1. The summed E-state index contributed by atoms with van der Waals surface area (Å²) in [6, 6.07) is 13.5. The molecular formula is C26H21F2N5O2. The summed E-state index contributed by atoms with van der Waals surface area (Å²) >= 11 is 0. The van der Waals surface area contributed by atoms with Gasteiger partial charge in [0.25, 0.3) is 0 Å². The third-order valence-electron chi connectivity index (χ3n) is 5.82. The van der Waals surface area contributed by atoms with Crippen LogP contribution in [0, 0.1) is 11.6 Å². The Bertz CT molecular complexity index is 1420. The Hall–Kier alpha value is -4.40. The first kappa shape index (κ1) is 22.4. The summed E-state index contributed by atoms with van der Waals surface area (Å²) in [4.78, 5) is 36.7. The first-order chi connectivity index (χ1) is 17.0. The number of hydrogen-bond acceptors (Lipinski definition) is 5. The van der Waals surface area contributed by atoms with Crippen molar-refractivity contribution < 1.29 is 18.4 Å². The van der Waals surface area contributed by atoms with Crippen molar-refractivity contribution >= 4 is 40.0 Å². The zero-order chi connectivity index (χ0) is 24.4. The summed E-state index contributed by atoms with van der Waals surface area (Å²) in [6.45, 7) is 1.83. The van der Waals surface area contributed by atoms with Gasteiger partial charge in [-0.1, -0.05) is 6.07 Å². The molecule has 35 heavy (non-hydrogen) atoms. The zero-order valence-electron chi connectivity index (χ0n) is 18.6. The van der Waals surface area contributed by atoms with E-state index in [1.165, 1.54) is 42.5 Å². The van der Waals surface area contributed by atoms with E-state index < -0.39 is 23.4 Å². The Kier molecular flexibility index (Phi) is 6.05. The molecule has 0 atom stereocenters. The molecule has 1 aromatic heterocycles. The van der Waals surface area contributed by atoms with Crippen molar-refractivity contribution in [1.82, 2.24) is 9.97 Å². The van der Waals surface area contributed by atoms with Crippen LogP contribution in [0.5, 0.6) is 0 Å². The van der Waals surface area contributed by atoms with Crippen molar-refractivity contribution in [3.63, 3.8) is 0 Å². The van der Waals surface area contributed by atoms with Crippen LogP contribution in [0.2, 0.25) is 0 Å². The van der Waals surface area contributed by atoms with Gasteiger partial charge in [0.15, 0.2) is 11.6 Å². The fraction of sp³-hybridized carbons (Fsp3) is 0.154. The number of amides is 2. The molecule has 1 aliphatic rings. The largest absolute Gasteiger partial charge is 0.355 e. The maximum Gasteiger partial charge on any atom is 0.323 e. The van der Waals surface area contributed by atoms with Gasteiger partial charge >= 0.3 is 6.03 Å². The number of hydrogen-bond donors (Lipinski definition) is 2. The predicted molar refractivity (Wildman–Crippen MR) is 130 cm³/mol. The quantitative estimate of drug-likeness (QED) is 0.380. The second-order valence-corrected chi connectivity index (χ2v) is 8.21. The first-order valence-corrected chi connectivity index (χ1v) is 11.2. The van der Waals surface area contributed by atoms with Crippen molar-refractivity contribution in [2.45, 2.75) is 12.8 Å². The highest BCUT2D eigenvalue weighted by Crippen LogP contribution is 2.24. The second kappa shape index (κ2) is 9.46. The Morgan fingerprint density at radius 1 is 0.886 bits per heavy atom. The molecule has 176 valence electrons. The zero-order valence-corrected chi connectivity index (χ0v) is 18.6. The minimum absolute atomic E-state index is 0.160. The summed E-state index contributed by atoms with van der Waals surface area (Å²) in [6.07, 6.45) is 3.93. The predicted octanol–water partition coefficient (Wildman–Crippen LogP) is 5.38. The van der Waals surface area contributed by atoms with Crippen molar-refractivity contribution in [1.29, 1.82) is 0 Å². The number of anilines is 3. The molecule has 2 amide bonds. The minimum Gasteiger partial charge on any atom is -0.355 e. The molecule has 2 N–H and O–H groups in total. The minimum atomic E-state index is -0.858. The molecule has 4 aromatic rings. The van der Waals surface area contributed by atoms with Gasteiger partial charge in [-0.3, -0.25) is 9.78 Å². The highest BCUT2D eigenvalue weighted by atomic mass is 19.1. The smallest absolute Gasteiger partial charge is 0.323 e. The summed E-state index contributed by atoms with van der Waals surface area (Å²) < 4.78 is 28.2. The SMILES string of the molecule is O=C(Nc1ccc(F)cc1)Nc1cccc(C(=O)c2ccc3ncc(N4CCCC4)nc3c2)c1F. The van der Waals surface area contributed by atoms with Gasteiger partial charge in [-0.25, -0.2) is 18.6 Å². The summed E-state index contributed by atoms with van der Waals surface area (Å²) in [7, 11) is 0. The lowest BCUT2D eigenvalue weighted by atomic mass is 10.0. The normalized spacial score (nSPS) is 13.1. The van der Waals surface area contributed by atoms with Crippen LogP contribution in [-0.4, -0.2) is 34.9 Å². The van der Waals surface area contributed by atoms with Gasteiger partial charge in [0.05, 0.1) is 28.5 Å². The number of rotatable bonds is 5. The molecule has 5 rings (SSSR count). The Morgan fingerprint density at radius 3 is 2.43 bits per heavy atom. The van der Waals surface area contributed by atoms with E-state index in [-0.39, 0.29) is 16.8 Å². The van der Waals surface area contributed by atoms with Gasteiger partial charge in [0.1, 0.15) is 11.6 Å². The Labute approximate surface area is 199 Å². The average Bonchev–Trinajstić information content (AvgIpc) is 3.41. The number of nitrogens with zero attached hydrogens (tertiary/aromatic N) is 3. The average molecular weight is 473 g/mol. The van der Waals surface area contributed by atoms with Gasteiger partial charge in [-0.05, 0) is 67.4 Å². The molecule has 0 saturated carbocycles. The molecule has 1 fully saturated rings. The fourth-order valence-corrected chi connectivity index (χ4v) is 4.02. The third kappa shape index (κ3) is 4.79. The number of urea groups is 1. The lowest BCUT2D eigenvalue weighted by Gasteiger charge is -2.16. The number of halogens is 2. The van der Waals surface area contributed by atoms with Gasteiger partial charge in [0, 0.05) is 24.3 Å². The molecule has 2 heterocycles. The van der Waals surface area contributed by atoms with E-state index in [0.29, 0.717) is 16.7 Å². The number of aromatic nitrogens is 2. The van der Waals surface area contributed by atoms with Crippen molar-refractivity contribution in [3.8, 4) is 0 Å². The molecule has 0 unspecified atom stereocenters. The van der Waals surface area contributed by atoms with Crippen molar-refractivity contribution in [2.24, 2.45) is 0 Å². The van der Waals surface area contributed by atoms with Crippen LogP contribution in [0.15, 0.2) is 66.9 Å². The maximum absolute atomic E-state index is 15.2. The number of carbonyl (C=O) groups is 2. The lowest BCUT2D eigenvalue weighted by Crippen LogP contribution is -2.20. The second-order valence-electron chi connectivity index (χ2n) is 8.21. The molecule has 9 heteroatoms. The summed E-state index contributed by atoms with van der Waals surface area (Å²) in [5.41, 5.74) is 1.44. The molecule has 0 bridgehead atoms. The number of nitrogens with one attached hydrogen (secondary N) is 2.